The number of aromatic amines is 1. The molecule has 152 valence electrons. The van der Waals surface area contributed by atoms with Crippen LogP contribution in [-0.4, -0.2) is 45.0 Å². The highest BCUT2D eigenvalue weighted by molar-refractivity contribution is 5.81. The first kappa shape index (κ1) is 19.2. The zero-order valence-corrected chi connectivity index (χ0v) is 16.9. The molecule has 8 heteroatoms. The number of amides is 1. The Morgan fingerprint density at radius 1 is 1.31 bits per heavy atom. The van der Waals surface area contributed by atoms with E-state index in [2.05, 4.69) is 39.0 Å². The number of carbonyl (C=O) groups excluding carboxylic acids is 1. The average molecular weight is 393 g/mol. The largest absolute Gasteiger partial charge is 0.382 e. The summed E-state index contributed by atoms with van der Waals surface area (Å²) in [5.74, 6) is 1.92. The zero-order valence-electron chi connectivity index (χ0n) is 16.9. The lowest BCUT2D eigenvalue weighted by Gasteiger charge is -2.20. The van der Waals surface area contributed by atoms with Crippen LogP contribution in [0.25, 0.3) is 22.6 Å². The first-order chi connectivity index (χ1) is 14.1. The van der Waals surface area contributed by atoms with Crippen LogP contribution in [0.2, 0.25) is 0 Å². The highest BCUT2D eigenvalue weighted by Crippen LogP contribution is 2.26. The number of aromatic nitrogens is 4. The summed E-state index contributed by atoms with van der Waals surface area (Å²) in [6.45, 7) is 5.63. The Bertz CT molecular complexity index is 978. The summed E-state index contributed by atoms with van der Waals surface area (Å²) in [6, 6.07) is 7.93. The Hall–Kier alpha value is -3.16. The van der Waals surface area contributed by atoms with E-state index >= 15 is 0 Å². The van der Waals surface area contributed by atoms with E-state index in [0.717, 1.165) is 42.7 Å². The topological polar surface area (TPSA) is 113 Å². The third-order valence-electron chi connectivity index (χ3n) is 5.62. The number of carbonyl (C=O) groups is 1. The van der Waals surface area contributed by atoms with Crippen LogP contribution < -0.4 is 16.0 Å². The summed E-state index contributed by atoms with van der Waals surface area (Å²) < 4.78 is 0. The predicted molar refractivity (Wildman–Crippen MR) is 114 cm³/mol. The summed E-state index contributed by atoms with van der Waals surface area (Å²) in [7, 11) is 0. The number of hydrogen-bond donors (Lipinski definition) is 3. The molecule has 0 aliphatic carbocycles. The third kappa shape index (κ3) is 3.87. The summed E-state index contributed by atoms with van der Waals surface area (Å²) in [4.78, 5) is 31.4. The van der Waals surface area contributed by atoms with Crippen molar-refractivity contribution in [2.75, 3.05) is 23.7 Å². The maximum Gasteiger partial charge on any atom is 0.223 e. The highest BCUT2D eigenvalue weighted by Gasteiger charge is 2.27. The van der Waals surface area contributed by atoms with Gasteiger partial charge in [0.1, 0.15) is 5.82 Å². The van der Waals surface area contributed by atoms with Gasteiger partial charge in [0.25, 0.3) is 0 Å². The normalized spacial score (nSPS) is 16.7. The second kappa shape index (κ2) is 8.06. The molecule has 1 aliphatic rings. The van der Waals surface area contributed by atoms with E-state index in [-0.39, 0.29) is 17.9 Å². The van der Waals surface area contributed by atoms with Crippen LogP contribution in [0, 0.1) is 5.92 Å². The van der Waals surface area contributed by atoms with Gasteiger partial charge in [-0.05, 0) is 31.4 Å². The number of para-hydroxylation sites is 2. The highest BCUT2D eigenvalue weighted by atomic mass is 16.1. The number of fused-ring (bicyclic) bond motifs is 1. The minimum Gasteiger partial charge on any atom is -0.382 e. The molecule has 0 bridgehead atoms. The van der Waals surface area contributed by atoms with E-state index in [0.29, 0.717) is 23.9 Å². The van der Waals surface area contributed by atoms with Crippen molar-refractivity contribution >= 4 is 28.6 Å². The molecular formula is C21H27N7O. The van der Waals surface area contributed by atoms with E-state index in [1.54, 1.807) is 6.20 Å². The lowest BCUT2D eigenvalue weighted by Crippen LogP contribution is -2.40. The second-order valence-electron chi connectivity index (χ2n) is 7.52. The molecule has 0 saturated carbocycles. The molecule has 1 aromatic carbocycles. The molecule has 2 aromatic heterocycles. The van der Waals surface area contributed by atoms with Crippen LogP contribution >= 0.6 is 0 Å². The summed E-state index contributed by atoms with van der Waals surface area (Å²) in [5.41, 5.74) is 8.43. The summed E-state index contributed by atoms with van der Waals surface area (Å²) in [5, 5.41) is 3.18. The molecule has 1 amide bonds. The Morgan fingerprint density at radius 2 is 2.10 bits per heavy atom. The van der Waals surface area contributed by atoms with Gasteiger partial charge in [-0.3, -0.25) is 4.79 Å². The Labute approximate surface area is 169 Å². The first-order valence-corrected chi connectivity index (χ1v) is 10.2. The molecule has 29 heavy (non-hydrogen) atoms. The summed E-state index contributed by atoms with van der Waals surface area (Å²) in [6.07, 6.45) is 4.30. The van der Waals surface area contributed by atoms with E-state index in [1.807, 2.05) is 24.3 Å². The van der Waals surface area contributed by atoms with Gasteiger partial charge in [0, 0.05) is 25.0 Å². The third-order valence-corrected chi connectivity index (χ3v) is 5.62. The lowest BCUT2D eigenvalue weighted by molar-refractivity contribution is -0.125. The molecular weight excluding hydrogens is 366 g/mol. The van der Waals surface area contributed by atoms with Crippen molar-refractivity contribution in [2.24, 2.45) is 5.92 Å². The maximum atomic E-state index is 12.4. The van der Waals surface area contributed by atoms with Gasteiger partial charge in [-0.25, -0.2) is 15.0 Å². The van der Waals surface area contributed by atoms with Gasteiger partial charge in [-0.15, -0.1) is 0 Å². The smallest absolute Gasteiger partial charge is 0.223 e. The van der Waals surface area contributed by atoms with Crippen LogP contribution in [0.15, 0.2) is 30.5 Å². The number of nitrogen functional groups attached to an aromatic ring is 1. The number of benzene rings is 1. The molecule has 3 heterocycles. The zero-order chi connectivity index (χ0) is 20.4. The lowest BCUT2D eigenvalue weighted by atomic mass is 10.0. The maximum absolute atomic E-state index is 12.4. The van der Waals surface area contributed by atoms with Crippen molar-refractivity contribution in [2.45, 2.75) is 39.2 Å². The minimum absolute atomic E-state index is 0.0834. The SMILES string of the molecule is CCC(CC)C(=O)N[C@H]1CCN(c2cnc(N)c(-c3nc4ccccc4[nH]3)n2)C1. The fourth-order valence-corrected chi connectivity index (χ4v) is 3.85. The molecule has 4 rings (SSSR count). The van der Waals surface area contributed by atoms with Crippen LogP contribution in [0.4, 0.5) is 11.6 Å². The van der Waals surface area contributed by atoms with Gasteiger partial charge in [0.05, 0.1) is 17.2 Å². The minimum atomic E-state index is 0.0834. The number of rotatable bonds is 6. The van der Waals surface area contributed by atoms with Crippen molar-refractivity contribution in [3.05, 3.63) is 30.5 Å². The second-order valence-corrected chi connectivity index (χ2v) is 7.52. The molecule has 4 N–H and O–H groups in total. The van der Waals surface area contributed by atoms with Crippen molar-refractivity contribution in [3.63, 3.8) is 0 Å². The molecule has 8 nitrogen and oxygen atoms in total. The number of imidazole rings is 1. The Kier molecular flexibility index (Phi) is 5.33. The molecule has 1 saturated heterocycles. The van der Waals surface area contributed by atoms with E-state index in [4.69, 9.17) is 10.7 Å². The van der Waals surface area contributed by atoms with Crippen molar-refractivity contribution in [1.29, 1.82) is 0 Å². The molecule has 3 aromatic rings. The molecule has 1 fully saturated rings. The van der Waals surface area contributed by atoms with Gasteiger partial charge in [-0.1, -0.05) is 26.0 Å². The number of anilines is 2. The molecule has 0 spiro atoms. The molecule has 0 radical (unpaired) electrons. The first-order valence-electron chi connectivity index (χ1n) is 10.2. The van der Waals surface area contributed by atoms with Gasteiger partial charge < -0.3 is 20.9 Å². The number of nitrogens with two attached hydrogens (primary N) is 1. The predicted octanol–water partition coefficient (Wildman–Crippen LogP) is 2.73. The van der Waals surface area contributed by atoms with Crippen LogP contribution in [0.1, 0.15) is 33.1 Å². The number of nitrogens with zero attached hydrogens (tertiary/aromatic N) is 4. The Balaban J connectivity index is 1.51. The summed E-state index contributed by atoms with van der Waals surface area (Å²) >= 11 is 0. The van der Waals surface area contributed by atoms with Crippen LogP contribution in [0.5, 0.6) is 0 Å². The fourth-order valence-electron chi connectivity index (χ4n) is 3.85. The van der Waals surface area contributed by atoms with Gasteiger partial charge in [-0.2, -0.15) is 0 Å². The van der Waals surface area contributed by atoms with Crippen molar-refractivity contribution in [1.82, 2.24) is 25.3 Å². The average Bonchev–Trinajstić information content (AvgIpc) is 3.36. The monoisotopic (exact) mass is 393 g/mol. The van der Waals surface area contributed by atoms with Gasteiger partial charge in [0.2, 0.25) is 5.91 Å². The van der Waals surface area contributed by atoms with Crippen molar-refractivity contribution in [3.8, 4) is 11.5 Å². The number of nitrogens with one attached hydrogen (secondary N) is 2. The van der Waals surface area contributed by atoms with E-state index in [1.165, 1.54) is 0 Å². The fraction of sp³-hybridized carbons (Fsp3) is 0.429. The number of H-pyrrole nitrogens is 1. The van der Waals surface area contributed by atoms with E-state index < -0.39 is 0 Å². The Morgan fingerprint density at radius 3 is 2.86 bits per heavy atom. The van der Waals surface area contributed by atoms with Crippen molar-refractivity contribution < 1.29 is 4.79 Å². The van der Waals surface area contributed by atoms with Gasteiger partial charge in [0.15, 0.2) is 17.3 Å². The number of hydrogen-bond acceptors (Lipinski definition) is 6. The standard InChI is InChI=1S/C21H27N7O/c1-3-13(4-2)21(29)24-14-9-10-28(12-14)17-11-23-19(22)18(27-17)20-25-15-7-5-6-8-16(15)26-20/h5-8,11,13-14H,3-4,9-10,12H2,1-2H3,(H2,22,23)(H,24,29)(H,25,26)/t14-/m0/s1. The van der Waals surface area contributed by atoms with Gasteiger partial charge >= 0.3 is 0 Å². The van der Waals surface area contributed by atoms with Crippen LogP contribution in [0.3, 0.4) is 0 Å². The molecule has 0 unspecified atom stereocenters. The quantitative estimate of drug-likeness (QED) is 0.593. The van der Waals surface area contributed by atoms with E-state index in [9.17, 15) is 4.79 Å². The molecule has 1 aliphatic heterocycles. The molecule has 1 atom stereocenters. The van der Waals surface area contributed by atoms with Crippen LogP contribution in [-0.2, 0) is 4.79 Å².